The molecule has 1 fully saturated rings. The second kappa shape index (κ2) is 8.26. The normalized spacial score (nSPS) is 17.7. The van der Waals surface area contributed by atoms with Crippen LogP contribution in [0.25, 0.3) is 0 Å². The SMILES string of the molecule is CC1CN(C2=Nc3ccccc3Oc3ccccc32)CCN1C(=O)Cc1ccccc1. The molecule has 31 heavy (non-hydrogen) atoms. The van der Waals surface area contributed by atoms with E-state index in [0.717, 1.165) is 47.2 Å². The molecule has 0 bridgehead atoms. The van der Waals surface area contributed by atoms with E-state index in [4.69, 9.17) is 9.73 Å². The lowest BCUT2D eigenvalue weighted by atomic mass is 10.1. The Bertz CT molecular complexity index is 1130. The van der Waals surface area contributed by atoms with Gasteiger partial charge in [-0.1, -0.05) is 54.6 Å². The average molecular weight is 412 g/mol. The fourth-order valence-corrected chi connectivity index (χ4v) is 4.30. The molecular formula is C26H25N3O2. The Kier molecular flexibility index (Phi) is 5.16. The fourth-order valence-electron chi connectivity index (χ4n) is 4.30. The number of nitrogens with zero attached hydrogens (tertiary/aromatic N) is 3. The lowest BCUT2D eigenvalue weighted by Gasteiger charge is -2.41. The van der Waals surface area contributed by atoms with Gasteiger partial charge in [-0.25, -0.2) is 4.99 Å². The Hall–Kier alpha value is -3.60. The van der Waals surface area contributed by atoms with Crippen LogP contribution >= 0.6 is 0 Å². The van der Waals surface area contributed by atoms with Crippen molar-refractivity contribution in [2.45, 2.75) is 19.4 Å². The van der Waals surface area contributed by atoms with Gasteiger partial charge in [0.1, 0.15) is 17.3 Å². The summed E-state index contributed by atoms with van der Waals surface area (Å²) < 4.78 is 6.17. The zero-order valence-electron chi connectivity index (χ0n) is 17.6. The van der Waals surface area contributed by atoms with E-state index in [-0.39, 0.29) is 11.9 Å². The van der Waals surface area contributed by atoms with Crippen molar-refractivity contribution in [1.29, 1.82) is 0 Å². The molecule has 5 nitrogen and oxygen atoms in total. The number of amidine groups is 1. The predicted octanol–water partition coefficient (Wildman–Crippen LogP) is 4.65. The van der Waals surface area contributed by atoms with Gasteiger partial charge in [-0.2, -0.15) is 0 Å². The van der Waals surface area contributed by atoms with Crippen molar-refractivity contribution in [3.8, 4) is 11.5 Å². The lowest BCUT2D eigenvalue weighted by Crippen LogP contribution is -2.55. The molecule has 5 heteroatoms. The molecule has 3 aromatic carbocycles. The van der Waals surface area contributed by atoms with Crippen LogP contribution in [0.15, 0.2) is 83.9 Å². The maximum absolute atomic E-state index is 12.9. The molecule has 156 valence electrons. The molecule has 5 rings (SSSR count). The van der Waals surface area contributed by atoms with Crippen molar-refractivity contribution >= 4 is 17.4 Å². The summed E-state index contributed by atoms with van der Waals surface area (Å²) >= 11 is 0. The van der Waals surface area contributed by atoms with Gasteiger partial charge in [0.15, 0.2) is 5.75 Å². The van der Waals surface area contributed by atoms with Gasteiger partial charge in [-0.05, 0) is 36.8 Å². The van der Waals surface area contributed by atoms with Crippen LogP contribution in [0.1, 0.15) is 18.1 Å². The number of hydrogen-bond donors (Lipinski definition) is 0. The van der Waals surface area contributed by atoms with E-state index in [1.165, 1.54) is 0 Å². The highest BCUT2D eigenvalue weighted by molar-refractivity contribution is 6.03. The van der Waals surface area contributed by atoms with Crippen molar-refractivity contribution in [2.75, 3.05) is 19.6 Å². The van der Waals surface area contributed by atoms with Gasteiger partial charge in [0, 0.05) is 25.7 Å². The molecule has 0 aliphatic carbocycles. The maximum atomic E-state index is 12.9. The Morgan fingerprint density at radius 1 is 0.935 bits per heavy atom. The van der Waals surface area contributed by atoms with Gasteiger partial charge >= 0.3 is 0 Å². The molecule has 2 aliphatic heterocycles. The van der Waals surface area contributed by atoms with Gasteiger partial charge in [0.2, 0.25) is 5.91 Å². The van der Waals surface area contributed by atoms with E-state index >= 15 is 0 Å². The van der Waals surface area contributed by atoms with Crippen molar-refractivity contribution in [2.24, 2.45) is 4.99 Å². The summed E-state index contributed by atoms with van der Waals surface area (Å²) in [6, 6.07) is 25.9. The molecule has 1 saturated heterocycles. The summed E-state index contributed by atoms with van der Waals surface area (Å²) in [5.41, 5.74) is 2.86. The third-order valence-electron chi connectivity index (χ3n) is 5.89. The van der Waals surface area contributed by atoms with Crippen LogP contribution in [-0.2, 0) is 11.2 Å². The molecule has 0 radical (unpaired) electrons. The number of benzene rings is 3. The van der Waals surface area contributed by atoms with Crippen molar-refractivity contribution in [3.05, 3.63) is 90.0 Å². The van der Waals surface area contributed by atoms with Crippen LogP contribution in [0, 0.1) is 0 Å². The number of piperazine rings is 1. The summed E-state index contributed by atoms with van der Waals surface area (Å²) in [7, 11) is 0. The van der Waals surface area contributed by atoms with Crippen LogP contribution in [0.4, 0.5) is 5.69 Å². The summed E-state index contributed by atoms with van der Waals surface area (Å²) in [6.45, 7) is 4.26. The highest BCUT2D eigenvalue weighted by atomic mass is 16.5. The number of aliphatic imine (C=N–C) groups is 1. The molecule has 0 aromatic heterocycles. The van der Waals surface area contributed by atoms with Crippen molar-refractivity contribution in [3.63, 3.8) is 0 Å². The largest absolute Gasteiger partial charge is 0.454 e. The summed E-state index contributed by atoms with van der Waals surface area (Å²) in [6.07, 6.45) is 0.441. The van der Waals surface area contributed by atoms with Gasteiger partial charge in [0.25, 0.3) is 0 Å². The molecule has 1 amide bonds. The number of carbonyl (C=O) groups excluding carboxylic acids is 1. The fraction of sp³-hybridized carbons (Fsp3) is 0.231. The lowest BCUT2D eigenvalue weighted by molar-refractivity contribution is -0.134. The van der Waals surface area contributed by atoms with Crippen LogP contribution in [0.3, 0.4) is 0 Å². The van der Waals surface area contributed by atoms with E-state index in [0.29, 0.717) is 13.0 Å². The molecular weight excluding hydrogens is 386 g/mol. The van der Waals surface area contributed by atoms with E-state index in [2.05, 4.69) is 17.9 Å². The van der Waals surface area contributed by atoms with Crippen molar-refractivity contribution in [1.82, 2.24) is 9.80 Å². The van der Waals surface area contributed by atoms with Gasteiger partial charge in [-0.3, -0.25) is 4.79 Å². The van der Waals surface area contributed by atoms with Crippen LogP contribution in [0.5, 0.6) is 11.5 Å². The van der Waals surface area contributed by atoms with Crippen molar-refractivity contribution < 1.29 is 9.53 Å². The molecule has 0 spiro atoms. The van der Waals surface area contributed by atoms with Gasteiger partial charge in [-0.15, -0.1) is 0 Å². The number of rotatable bonds is 2. The zero-order chi connectivity index (χ0) is 21.2. The minimum atomic E-state index is 0.0965. The van der Waals surface area contributed by atoms with Crippen LogP contribution in [-0.4, -0.2) is 47.2 Å². The Balaban J connectivity index is 1.39. The van der Waals surface area contributed by atoms with Gasteiger partial charge in [0.05, 0.1) is 12.0 Å². The summed E-state index contributed by atoms with van der Waals surface area (Å²) in [4.78, 5) is 22.2. The zero-order valence-corrected chi connectivity index (χ0v) is 17.6. The second-order valence-corrected chi connectivity index (χ2v) is 8.05. The first-order chi connectivity index (χ1) is 15.2. The molecule has 3 aromatic rings. The van der Waals surface area contributed by atoms with E-state index < -0.39 is 0 Å². The third kappa shape index (κ3) is 3.91. The molecule has 1 atom stereocenters. The summed E-state index contributed by atoms with van der Waals surface area (Å²) in [5, 5.41) is 0. The van der Waals surface area contributed by atoms with E-state index in [9.17, 15) is 4.79 Å². The standard InChI is InChI=1S/C26H25N3O2/c1-19-18-28(15-16-29(19)25(30)17-20-9-3-2-4-10-20)26-21-11-5-7-13-23(21)31-24-14-8-6-12-22(24)27-26/h2-14,19H,15-18H2,1H3. The Morgan fingerprint density at radius 2 is 1.65 bits per heavy atom. The Morgan fingerprint density at radius 3 is 2.45 bits per heavy atom. The minimum Gasteiger partial charge on any atom is -0.454 e. The molecule has 1 unspecified atom stereocenters. The average Bonchev–Trinajstić information content (AvgIpc) is 2.96. The maximum Gasteiger partial charge on any atom is 0.227 e. The number of para-hydroxylation sites is 3. The molecule has 2 aliphatic rings. The van der Waals surface area contributed by atoms with E-state index in [1.54, 1.807) is 0 Å². The number of hydrogen-bond acceptors (Lipinski definition) is 4. The topological polar surface area (TPSA) is 45.1 Å². The number of carbonyl (C=O) groups is 1. The quantitative estimate of drug-likeness (QED) is 0.617. The first-order valence-electron chi connectivity index (χ1n) is 10.7. The first-order valence-corrected chi connectivity index (χ1v) is 10.7. The molecule has 0 saturated carbocycles. The van der Waals surface area contributed by atoms with Crippen LogP contribution in [0.2, 0.25) is 0 Å². The third-order valence-corrected chi connectivity index (χ3v) is 5.89. The second-order valence-electron chi connectivity index (χ2n) is 8.05. The van der Waals surface area contributed by atoms with Crippen LogP contribution < -0.4 is 4.74 Å². The monoisotopic (exact) mass is 411 g/mol. The van der Waals surface area contributed by atoms with E-state index in [1.807, 2.05) is 77.7 Å². The minimum absolute atomic E-state index is 0.0965. The first kappa shape index (κ1) is 19.4. The highest BCUT2D eigenvalue weighted by Crippen LogP contribution is 2.38. The number of fused-ring (bicyclic) bond motifs is 2. The highest BCUT2D eigenvalue weighted by Gasteiger charge is 2.31. The molecule has 2 heterocycles. The smallest absolute Gasteiger partial charge is 0.227 e. The molecule has 0 N–H and O–H groups in total. The Labute approximate surface area is 182 Å². The number of ether oxygens (including phenoxy) is 1. The number of amides is 1. The predicted molar refractivity (Wildman–Crippen MR) is 122 cm³/mol. The summed E-state index contributed by atoms with van der Waals surface area (Å²) in [5.74, 6) is 2.65. The van der Waals surface area contributed by atoms with Gasteiger partial charge < -0.3 is 14.5 Å².